The standard InChI is InChI=1S/C14H18F3N3O2/c1-8-5-11(22-9(2)21)3-4-20(8)13-12(18)6-10(7-19-13)14(15,16)17/h6-8,11H,3-5,18H2,1-2H3. The highest BCUT2D eigenvalue weighted by atomic mass is 19.4. The van der Waals surface area contributed by atoms with Crippen LogP contribution in [0.3, 0.4) is 0 Å². The molecule has 2 heterocycles. The number of hydrogen-bond donors (Lipinski definition) is 1. The summed E-state index contributed by atoms with van der Waals surface area (Å²) >= 11 is 0. The van der Waals surface area contributed by atoms with Gasteiger partial charge in [-0.2, -0.15) is 13.2 Å². The Morgan fingerprint density at radius 3 is 2.68 bits per heavy atom. The first kappa shape index (κ1) is 16.4. The SMILES string of the molecule is CC(=O)OC1CCN(c2ncc(C(F)(F)F)cc2N)C(C)C1. The minimum atomic E-state index is -4.46. The number of hydrogen-bond acceptors (Lipinski definition) is 5. The topological polar surface area (TPSA) is 68.5 Å². The van der Waals surface area contributed by atoms with E-state index in [-0.39, 0.29) is 23.8 Å². The molecule has 0 saturated carbocycles. The number of piperidine rings is 1. The van der Waals surface area contributed by atoms with E-state index in [0.29, 0.717) is 25.2 Å². The number of rotatable bonds is 2. The molecule has 2 atom stereocenters. The molecule has 1 aliphatic rings. The molecule has 0 aromatic carbocycles. The predicted octanol–water partition coefficient (Wildman–Crippen LogP) is 2.60. The van der Waals surface area contributed by atoms with Crippen molar-refractivity contribution in [3.63, 3.8) is 0 Å². The molecular formula is C14H18F3N3O2. The fourth-order valence-corrected chi connectivity index (χ4v) is 2.65. The van der Waals surface area contributed by atoms with Crippen LogP contribution in [-0.4, -0.2) is 29.6 Å². The third-order valence-electron chi connectivity index (χ3n) is 3.66. The number of nitrogens with two attached hydrogens (primary N) is 1. The molecule has 8 heteroatoms. The molecule has 0 radical (unpaired) electrons. The van der Waals surface area contributed by atoms with Crippen LogP contribution in [0.25, 0.3) is 0 Å². The highest BCUT2D eigenvalue weighted by molar-refractivity contribution is 5.66. The summed E-state index contributed by atoms with van der Waals surface area (Å²) in [5, 5.41) is 0. The van der Waals surface area contributed by atoms with Crippen molar-refractivity contribution in [3.8, 4) is 0 Å². The zero-order valence-corrected chi connectivity index (χ0v) is 12.4. The number of nitrogen functional groups attached to an aromatic ring is 1. The maximum absolute atomic E-state index is 12.6. The summed E-state index contributed by atoms with van der Waals surface area (Å²) < 4.78 is 43.1. The molecule has 5 nitrogen and oxygen atoms in total. The molecule has 1 aromatic heterocycles. The summed E-state index contributed by atoms with van der Waals surface area (Å²) in [5.74, 6) is -0.000376. The fourth-order valence-electron chi connectivity index (χ4n) is 2.65. The second kappa shape index (κ2) is 6.02. The van der Waals surface area contributed by atoms with Gasteiger partial charge in [0.25, 0.3) is 0 Å². The number of nitrogens with zero attached hydrogens (tertiary/aromatic N) is 2. The molecule has 0 bridgehead atoms. The van der Waals surface area contributed by atoms with Crippen molar-refractivity contribution in [1.82, 2.24) is 4.98 Å². The van der Waals surface area contributed by atoms with Crippen LogP contribution in [0, 0.1) is 0 Å². The number of ether oxygens (including phenoxy) is 1. The Kier molecular flexibility index (Phi) is 4.48. The first-order valence-electron chi connectivity index (χ1n) is 6.95. The Labute approximate surface area is 126 Å². The number of esters is 1. The number of pyridine rings is 1. The van der Waals surface area contributed by atoms with E-state index in [0.717, 1.165) is 12.3 Å². The molecule has 22 heavy (non-hydrogen) atoms. The summed E-state index contributed by atoms with van der Waals surface area (Å²) in [6.07, 6.45) is -2.68. The Morgan fingerprint density at radius 1 is 1.50 bits per heavy atom. The van der Waals surface area contributed by atoms with Crippen molar-refractivity contribution >= 4 is 17.5 Å². The second-order valence-electron chi connectivity index (χ2n) is 5.43. The Morgan fingerprint density at radius 2 is 2.18 bits per heavy atom. The zero-order chi connectivity index (χ0) is 16.5. The fraction of sp³-hybridized carbons (Fsp3) is 0.571. The van der Waals surface area contributed by atoms with Crippen molar-refractivity contribution in [1.29, 1.82) is 0 Å². The lowest BCUT2D eigenvalue weighted by atomic mass is 10.0. The minimum Gasteiger partial charge on any atom is -0.462 e. The summed E-state index contributed by atoms with van der Waals surface area (Å²) in [5.41, 5.74) is 4.87. The van der Waals surface area contributed by atoms with Gasteiger partial charge in [-0.15, -0.1) is 0 Å². The van der Waals surface area contributed by atoms with Gasteiger partial charge in [-0.05, 0) is 13.0 Å². The maximum Gasteiger partial charge on any atom is 0.417 e. The van der Waals surface area contributed by atoms with E-state index in [1.54, 1.807) is 0 Å². The number of aromatic nitrogens is 1. The van der Waals surface area contributed by atoms with Crippen molar-refractivity contribution in [2.75, 3.05) is 17.2 Å². The molecule has 122 valence electrons. The van der Waals surface area contributed by atoms with E-state index in [2.05, 4.69) is 4.98 Å². The van der Waals surface area contributed by atoms with Crippen molar-refractivity contribution in [2.24, 2.45) is 0 Å². The molecule has 1 saturated heterocycles. The largest absolute Gasteiger partial charge is 0.462 e. The number of halogens is 3. The van der Waals surface area contributed by atoms with E-state index >= 15 is 0 Å². The van der Waals surface area contributed by atoms with E-state index in [4.69, 9.17) is 10.5 Å². The molecule has 2 unspecified atom stereocenters. The molecule has 1 fully saturated rings. The minimum absolute atomic E-state index is 0.00684. The van der Waals surface area contributed by atoms with Crippen LogP contribution in [0.2, 0.25) is 0 Å². The van der Waals surface area contributed by atoms with Crippen LogP contribution >= 0.6 is 0 Å². The third-order valence-corrected chi connectivity index (χ3v) is 3.66. The van der Waals surface area contributed by atoms with Crippen LogP contribution in [0.1, 0.15) is 32.3 Å². The van der Waals surface area contributed by atoms with Crippen LogP contribution in [0.15, 0.2) is 12.3 Å². The van der Waals surface area contributed by atoms with Crippen LogP contribution in [0.5, 0.6) is 0 Å². The molecule has 2 N–H and O–H groups in total. The van der Waals surface area contributed by atoms with Crippen LogP contribution in [-0.2, 0) is 15.7 Å². The van der Waals surface area contributed by atoms with Crippen LogP contribution in [0.4, 0.5) is 24.7 Å². The quantitative estimate of drug-likeness (QED) is 0.849. The highest BCUT2D eigenvalue weighted by Crippen LogP contribution is 2.34. The number of alkyl halides is 3. The molecule has 0 aliphatic carbocycles. The number of carbonyl (C=O) groups excluding carboxylic acids is 1. The van der Waals surface area contributed by atoms with Gasteiger partial charge in [0, 0.05) is 38.5 Å². The summed E-state index contributed by atoms with van der Waals surface area (Å²) in [6, 6.07) is 0.859. The molecule has 2 rings (SSSR count). The number of carbonyl (C=O) groups is 1. The normalized spacial score (nSPS) is 22.5. The molecule has 1 aliphatic heterocycles. The predicted molar refractivity (Wildman–Crippen MR) is 75.2 cm³/mol. The molecule has 1 aromatic rings. The van der Waals surface area contributed by atoms with E-state index in [1.165, 1.54) is 6.92 Å². The first-order chi connectivity index (χ1) is 10.2. The van der Waals surface area contributed by atoms with Gasteiger partial charge in [-0.3, -0.25) is 4.79 Å². The lowest BCUT2D eigenvalue weighted by molar-refractivity contribution is -0.147. The van der Waals surface area contributed by atoms with Gasteiger partial charge in [0.1, 0.15) is 6.10 Å². The lowest BCUT2D eigenvalue weighted by Gasteiger charge is -2.38. The number of anilines is 2. The van der Waals surface area contributed by atoms with Gasteiger partial charge < -0.3 is 15.4 Å². The van der Waals surface area contributed by atoms with Gasteiger partial charge in [0.05, 0.1) is 11.3 Å². The van der Waals surface area contributed by atoms with E-state index in [9.17, 15) is 18.0 Å². The highest BCUT2D eigenvalue weighted by Gasteiger charge is 2.33. The molecule has 0 amide bonds. The summed E-state index contributed by atoms with van der Waals surface area (Å²) in [6.45, 7) is 3.77. The van der Waals surface area contributed by atoms with Crippen molar-refractivity contribution < 1.29 is 22.7 Å². The lowest BCUT2D eigenvalue weighted by Crippen LogP contribution is -2.44. The van der Waals surface area contributed by atoms with E-state index in [1.807, 2.05) is 11.8 Å². The average Bonchev–Trinajstić information content (AvgIpc) is 2.37. The maximum atomic E-state index is 12.6. The van der Waals surface area contributed by atoms with E-state index < -0.39 is 11.7 Å². The van der Waals surface area contributed by atoms with Gasteiger partial charge in [-0.1, -0.05) is 0 Å². The zero-order valence-electron chi connectivity index (χ0n) is 12.4. The van der Waals surface area contributed by atoms with Gasteiger partial charge in [0.2, 0.25) is 0 Å². The smallest absolute Gasteiger partial charge is 0.417 e. The Bertz CT molecular complexity index is 563. The van der Waals surface area contributed by atoms with Crippen LogP contribution < -0.4 is 10.6 Å². The first-order valence-corrected chi connectivity index (χ1v) is 6.95. The summed E-state index contributed by atoms with van der Waals surface area (Å²) in [7, 11) is 0. The Hall–Kier alpha value is -1.99. The average molecular weight is 317 g/mol. The molecular weight excluding hydrogens is 299 g/mol. The second-order valence-corrected chi connectivity index (χ2v) is 5.43. The monoisotopic (exact) mass is 317 g/mol. The van der Waals surface area contributed by atoms with Gasteiger partial charge in [0.15, 0.2) is 5.82 Å². The third kappa shape index (κ3) is 3.61. The van der Waals surface area contributed by atoms with Crippen molar-refractivity contribution in [3.05, 3.63) is 17.8 Å². The summed E-state index contributed by atoms with van der Waals surface area (Å²) in [4.78, 5) is 16.7. The van der Waals surface area contributed by atoms with Crippen molar-refractivity contribution in [2.45, 2.75) is 45.0 Å². The van der Waals surface area contributed by atoms with Gasteiger partial charge in [-0.25, -0.2) is 4.98 Å². The van der Waals surface area contributed by atoms with Gasteiger partial charge >= 0.3 is 12.1 Å². The molecule has 0 spiro atoms. The Balaban J connectivity index is 2.14.